The van der Waals surface area contributed by atoms with Crippen LogP contribution >= 0.6 is 0 Å². The highest BCUT2D eigenvalue weighted by Crippen LogP contribution is 2.13. The summed E-state index contributed by atoms with van der Waals surface area (Å²) in [6.07, 6.45) is 19.5. The van der Waals surface area contributed by atoms with Crippen molar-refractivity contribution in [1.82, 2.24) is 0 Å². The molecule has 0 amide bonds. The number of unbranched alkanes of at least 4 members (excludes halogenated alkanes) is 11. The molecule has 0 rings (SSSR count). The first-order chi connectivity index (χ1) is 9.31. The molecular formula is C17H35NO. The Kier molecular flexibility index (Phi) is 15.1. The number of rotatable bonds is 14. The normalized spacial score (nSPS) is 13.2. The first kappa shape index (κ1) is 18.5. The smallest absolute Gasteiger partial charge is 0.0464 e. The summed E-state index contributed by atoms with van der Waals surface area (Å²) in [4.78, 5) is 0. The summed E-state index contributed by atoms with van der Waals surface area (Å²) in [7, 11) is 0. The van der Waals surface area contributed by atoms with Crippen LogP contribution in [-0.4, -0.2) is 11.4 Å². The van der Waals surface area contributed by atoms with Gasteiger partial charge in [-0.25, -0.2) is 0 Å². The van der Waals surface area contributed by atoms with Crippen LogP contribution in [-0.2, 0) is 0 Å². The van der Waals surface area contributed by atoms with E-state index in [1.807, 2.05) is 0 Å². The van der Waals surface area contributed by atoms with Gasteiger partial charge < -0.3 is 5.21 Å². The predicted octanol–water partition coefficient (Wildman–Crippen LogP) is 6.17. The molecule has 0 aromatic rings. The molecule has 0 bridgehead atoms. The van der Waals surface area contributed by atoms with Gasteiger partial charge >= 0.3 is 0 Å². The van der Waals surface area contributed by atoms with E-state index in [0.29, 0.717) is 5.92 Å². The summed E-state index contributed by atoms with van der Waals surface area (Å²) in [6, 6.07) is 0. The fourth-order valence-electron chi connectivity index (χ4n) is 2.50. The molecule has 0 fully saturated rings. The Hall–Kier alpha value is -0.530. The minimum absolute atomic E-state index is 0.424. The first-order valence-electron chi connectivity index (χ1n) is 8.48. The van der Waals surface area contributed by atoms with Gasteiger partial charge in [-0.2, -0.15) is 0 Å². The molecule has 0 aliphatic heterocycles. The molecule has 0 saturated carbocycles. The molecule has 19 heavy (non-hydrogen) atoms. The van der Waals surface area contributed by atoms with Crippen LogP contribution in [0.15, 0.2) is 5.16 Å². The number of hydrogen-bond acceptors (Lipinski definition) is 2. The Balaban J connectivity index is 3.03. The summed E-state index contributed by atoms with van der Waals surface area (Å²) in [5.74, 6) is 0.424. The number of oxime groups is 1. The maximum Gasteiger partial charge on any atom is 0.0464 e. The van der Waals surface area contributed by atoms with Gasteiger partial charge in [0.2, 0.25) is 0 Å². The van der Waals surface area contributed by atoms with Crippen LogP contribution in [0, 0.1) is 5.92 Å². The van der Waals surface area contributed by atoms with Crippen molar-refractivity contribution >= 4 is 6.21 Å². The zero-order valence-corrected chi connectivity index (χ0v) is 13.2. The lowest BCUT2D eigenvalue weighted by Gasteiger charge is -2.05. The Morgan fingerprint density at radius 2 is 1.21 bits per heavy atom. The lowest BCUT2D eigenvalue weighted by molar-refractivity contribution is 0.318. The summed E-state index contributed by atoms with van der Waals surface area (Å²) in [5.41, 5.74) is 0. The second kappa shape index (κ2) is 15.5. The molecule has 2 nitrogen and oxygen atoms in total. The third-order valence-corrected chi connectivity index (χ3v) is 3.83. The van der Waals surface area contributed by atoms with E-state index < -0.39 is 0 Å². The maximum atomic E-state index is 8.40. The summed E-state index contributed by atoms with van der Waals surface area (Å²) in [6.45, 7) is 4.38. The van der Waals surface area contributed by atoms with Crippen LogP contribution in [0.1, 0.15) is 97.3 Å². The zero-order valence-electron chi connectivity index (χ0n) is 13.2. The first-order valence-corrected chi connectivity index (χ1v) is 8.48. The van der Waals surface area contributed by atoms with E-state index in [4.69, 9.17) is 5.21 Å². The molecular weight excluding hydrogens is 234 g/mol. The van der Waals surface area contributed by atoms with E-state index in [1.54, 1.807) is 6.21 Å². The van der Waals surface area contributed by atoms with Crippen molar-refractivity contribution < 1.29 is 5.21 Å². The average molecular weight is 269 g/mol. The molecule has 1 atom stereocenters. The molecule has 1 N–H and O–H groups in total. The fraction of sp³-hybridized carbons (Fsp3) is 0.941. The van der Waals surface area contributed by atoms with Crippen LogP contribution in [0.5, 0.6) is 0 Å². The molecule has 0 spiro atoms. The summed E-state index contributed by atoms with van der Waals surface area (Å²) in [5, 5.41) is 11.5. The van der Waals surface area contributed by atoms with Gasteiger partial charge in [-0.3, -0.25) is 0 Å². The third kappa shape index (κ3) is 15.4. The predicted molar refractivity (Wildman–Crippen MR) is 85.1 cm³/mol. The van der Waals surface area contributed by atoms with E-state index in [9.17, 15) is 0 Å². The lowest BCUT2D eigenvalue weighted by Crippen LogP contribution is -1.95. The topological polar surface area (TPSA) is 32.6 Å². The van der Waals surface area contributed by atoms with E-state index in [2.05, 4.69) is 19.0 Å². The van der Waals surface area contributed by atoms with Crippen LogP contribution in [0.2, 0.25) is 0 Å². The van der Waals surface area contributed by atoms with E-state index >= 15 is 0 Å². The van der Waals surface area contributed by atoms with Gasteiger partial charge in [0.1, 0.15) is 0 Å². The van der Waals surface area contributed by atoms with Crippen molar-refractivity contribution in [1.29, 1.82) is 0 Å². The molecule has 0 heterocycles. The Morgan fingerprint density at radius 1 is 0.789 bits per heavy atom. The zero-order chi connectivity index (χ0) is 14.2. The van der Waals surface area contributed by atoms with Crippen LogP contribution < -0.4 is 0 Å². The second-order valence-corrected chi connectivity index (χ2v) is 5.92. The highest BCUT2D eigenvalue weighted by molar-refractivity contribution is 5.58. The standard InChI is InChI=1S/C17H35NO/c1-3-4-5-6-7-8-9-10-11-12-13-14-15-17(2)16-18-19/h16-17,19H,3-15H2,1-2H3. The summed E-state index contributed by atoms with van der Waals surface area (Å²) < 4.78 is 0. The van der Waals surface area contributed by atoms with Crippen molar-refractivity contribution in [3.8, 4) is 0 Å². The van der Waals surface area contributed by atoms with Gasteiger partial charge in [0.25, 0.3) is 0 Å². The number of nitrogens with zero attached hydrogens (tertiary/aromatic N) is 1. The quantitative estimate of drug-likeness (QED) is 0.174. The molecule has 0 radical (unpaired) electrons. The van der Waals surface area contributed by atoms with Gasteiger partial charge in [-0.05, 0) is 12.3 Å². The molecule has 0 saturated heterocycles. The molecule has 0 aromatic carbocycles. The van der Waals surface area contributed by atoms with E-state index in [-0.39, 0.29) is 0 Å². The lowest BCUT2D eigenvalue weighted by atomic mass is 10.0. The van der Waals surface area contributed by atoms with Crippen molar-refractivity contribution in [2.45, 2.75) is 97.3 Å². The van der Waals surface area contributed by atoms with Gasteiger partial charge in [-0.15, -0.1) is 5.16 Å². The molecule has 0 aliphatic carbocycles. The van der Waals surface area contributed by atoms with Crippen LogP contribution in [0.4, 0.5) is 0 Å². The Bertz CT molecular complexity index is 192. The molecule has 0 aromatic heterocycles. The minimum Gasteiger partial charge on any atom is -0.411 e. The van der Waals surface area contributed by atoms with Crippen molar-refractivity contribution in [2.75, 3.05) is 0 Å². The monoisotopic (exact) mass is 269 g/mol. The largest absolute Gasteiger partial charge is 0.411 e. The Morgan fingerprint density at radius 3 is 1.63 bits per heavy atom. The van der Waals surface area contributed by atoms with Crippen LogP contribution in [0.25, 0.3) is 0 Å². The van der Waals surface area contributed by atoms with Gasteiger partial charge in [0.05, 0.1) is 0 Å². The second-order valence-electron chi connectivity index (χ2n) is 5.92. The Labute approximate surface area is 120 Å². The highest BCUT2D eigenvalue weighted by atomic mass is 16.4. The highest BCUT2D eigenvalue weighted by Gasteiger charge is 1.98. The van der Waals surface area contributed by atoms with Crippen LogP contribution in [0.3, 0.4) is 0 Å². The van der Waals surface area contributed by atoms with Gasteiger partial charge in [-0.1, -0.05) is 90.9 Å². The van der Waals surface area contributed by atoms with Gasteiger partial charge in [0, 0.05) is 6.21 Å². The van der Waals surface area contributed by atoms with Crippen molar-refractivity contribution in [2.24, 2.45) is 11.1 Å². The summed E-state index contributed by atoms with van der Waals surface area (Å²) >= 11 is 0. The van der Waals surface area contributed by atoms with E-state index in [0.717, 1.165) is 6.42 Å². The fourth-order valence-corrected chi connectivity index (χ4v) is 2.50. The average Bonchev–Trinajstić information content (AvgIpc) is 2.40. The molecule has 114 valence electrons. The van der Waals surface area contributed by atoms with Crippen molar-refractivity contribution in [3.05, 3.63) is 0 Å². The maximum absolute atomic E-state index is 8.40. The minimum atomic E-state index is 0.424. The molecule has 1 unspecified atom stereocenters. The van der Waals surface area contributed by atoms with Crippen molar-refractivity contribution in [3.63, 3.8) is 0 Å². The van der Waals surface area contributed by atoms with E-state index in [1.165, 1.54) is 77.0 Å². The van der Waals surface area contributed by atoms with Gasteiger partial charge in [0.15, 0.2) is 0 Å². The number of hydrogen-bond donors (Lipinski definition) is 1. The molecule has 2 heteroatoms. The third-order valence-electron chi connectivity index (χ3n) is 3.83. The molecule has 0 aliphatic rings. The SMILES string of the molecule is CCCCCCCCCCCCCCC(C)C=NO.